The molecule has 0 spiro atoms. The number of benzene rings is 1. The molecule has 1 heterocycles. The minimum absolute atomic E-state index is 0.172. The van der Waals surface area contributed by atoms with E-state index in [1.54, 1.807) is 0 Å². The van der Waals surface area contributed by atoms with Gasteiger partial charge in [-0.1, -0.05) is 17.7 Å². The minimum atomic E-state index is -0.194. The van der Waals surface area contributed by atoms with E-state index in [0.29, 0.717) is 5.02 Å². The fraction of sp³-hybridized carbons (Fsp3) is 0.455. The Labute approximate surface area is 88.3 Å². The fourth-order valence-corrected chi connectivity index (χ4v) is 2.05. The monoisotopic (exact) mass is 213 g/mol. The van der Waals surface area contributed by atoms with Gasteiger partial charge in [-0.2, -0.15) is 0 Å². The summed E-state index contributed by atoms with van der Waals surface area (Å²) >= 11 is 5.83. The van der Waals surface area contributed by atoms with Crippen LogP contribution in [-0.4, -0.2) is 6.54 Å². The van der Waals surface area contributed by atoms with Gasteiger partial charge in [0, 0.05) is 16.6 Å². The maximum absolute atomic E-state index is 13.6. The highest BCUT2D eigenvalue weighted by Crippen LogP contribution is 2.29. The smallest absolute Gasteiger partial charge is 0.129 e. The molecule has 1 aliphatic heterocycles. The molecule has 1 aliphatic rings. The number of halogens is 2. The van der Waals surface area contributed by atoms with E-state index in [1.165, 1.54) is 6.07 Å². The summed E-state index contributed by atoms with van der Waals surface area (Å²) in [5.41, 5.74) is 1.70. The van der Waals surface area contributed by atoms with Crippen molar-refractivity contribution in [3.63, 3.8) is 0 Å². The highest BCUT2D eigenvalue weighted by molar-refractivity contribution is 6.31. The first-order valence-corrected chi connectivity index (χ1v) is 5.25. The van der Waals surface area contributed by atoms with Crippen LogP contribution in [0.5, 0.6) is 0 Å². The van der Waals surface area contributed by atoms with Crippen LogP contribution in [0.25, 0.3) is 0 Å². The average Bonchev–Trinajstić information content (AvgIpc) is 2.64. The van der Waals surface area contributed by atoms with Crippen molar-refractivity contribution in [3.8, 4) is 0 Å². The topological polar surface area (TPSA) is 12.0 Å². The molecular formula is C11H13ClFN. The summed E-state index contributed by atoms with van der Waals surface area (Å²) in [5.74, 6) is -0.194. The highest BCUT2D eigenvalue weighted by atomic mass is 35.5. The van der Waals surface area contributed by atoms with Crippen molar-refractivity contribution in [3.05, 3.63) is 34.1 Å². The van der Waals surface area contributed by atoms with Gasteiger partial charge in [0.25, 0.3) is 0 Å². The molecule has 1 aromatic carbocycles. The van der Waals surface area contributed by atoms with Gasteiger partial charge in [0.1, 0.15) is 5.82 Å². The van der Waals surface area contributed by atoms with Gasteiger partial charge in [0.05, 0.1) is 0 Å². The average molecular weight is 214 g/mol. The molecule has 1 atom stereocenters. The van der Waals surface area contributed by atoms with Crippen molar-refractivity contribution in [1.82, 2.24) is 5.32 Å². The van der Waals surface area contributed by atoms with Crippen LogP contribution >= 0.6 is 11.6 Å². The quantitative estimate of drug-likeness (QED) is 0.756. The molecule has 1 nitrogen and oxygen atoms in total. The third kappa shape index (κ3) is 1.77. The SMILES string of the molecule is Cc1cc(C2CCCN2)c(F)cc1Cl. The maximum atomic E-state index is 13.6. The Morgan fingerprint density at radius 2 is 2.29 bits per heavy atom. The number of nitrogens with one attached hydrogen (secondary N) is 1. The molecule has 0 aliphatic carbocycles. The van der Waals surface area contributed by atoms with Gasteiger partial charge in [-0.25, -0.2) is 4.39 Å². The lowest BCUT2D eigenvalue weighted by atomic mass is 10.0. The molecule has 2 rings (SSSR count). The Balaban J connectivity index is 2.37. The molecule has 76 valence electrons. The second kappa shape index (κ2) is 3.87. The first-order chi connectivity index (χ1) is 6.68. The molecule has 1 N–H and O–H groups in total. The zero-order valence-corrected chi connectivity index (χ0v) is 8.87. The third-order valence-corrected chi connectivity index (χ3v) is 3.12. The molecule has 3 heteroatoms. The van der Waals surface area contributed by atoms with E-state index in [1.807, 2.05) is 13.0 Å². The Kier molecular flexibility index (Phi) is 2.75. The van der Waals surface area contributed by atoms with Crippen molar-refractivity contribution >= 4 is 11.6 Å². The van der Waals surface area contributed by atoms with E-state index in [2.05, 4.69) is 5.32 Å². The molecule has 0 saturated carbocycles. The lowest BCUT2D eigenvalue weighted by Crippen LogP contribution is -2.14. The lowest BCUT2D eigenvalue weighted by Gasteiger charge is -2.13. The van der Waals surface area contributed by atoms with Crippen LogP contribution in [0.4, 0.5) is 4.39 Å². The van der Waals surface area contributed by atoms with Crippen molar-refractivity contribution in [2.75, 3.05) is 6.54 Å². The van der Waals surface area contributed by atoms with Gasteiger partial charge in [0.2, 0.25) is 0 Å². The van der Waals surface area contributed by atoms with Crippen molar-refractivity contribution in [2.45, 2.75) is 25.8 Å². The molecule has 1 aromatic rings. The molecule has 1 unspecified atom stereocenters. The van der Waals surface area contributed by atoms with Gasteiger partial charge >= 0.3 is 0 Å². The minimum Gasteiger partial charge on any atom is -0.310 e. The van der Waals surface area contributed by atoms with Crippen molar-refractivity contribution in [2.24, 2.45) is 0 Å². The molecule has 14 heavy (non-hydrogen) atoms. The number of hydrogen-bond acceptors (Lipinski definition) is 1. The second-order valence-electron chi connectivity index (χ2n) is 3.77. The molecule has 0 amide bonds. The first kappa shape index (κ1) is 9.94. The predicted octanol–water partition coefficient (Wildman–Crippen LogP) is 3.21. The van der Waals surface area contributed by atoms with Crippen LogP contribution in [-0.2, 0) is 0 Å². The number of aryl methyl sites for hydroxylation is 1. The Morgan fingerprint density at radius 3 is 2.93 bits per heavy atom. The van der Waals surface area contributed by atoms with E-state index in [-0.39, 0.29) is 11.9 Å². The summed E-state index contributed by atoms with van der Waals surface area (Å²) in [5, 5.41) is 3.78. The summed E-state index contributed by atoms with van der Waals surface area (Å²) in [7, 11) is 0. The number of hydrogen-bond donors (Lipinski definition) is 1. The molecule has 1 fully saturated rings. The third-order valence-electron chi connectivity index (χ3n) is 2.71. The van der Waals surface area contributed by atoms with E-state index in [4.69, 9.17) is 11.6 Å². The molecule has 0 aromatic heterocycles. The Bertz CT molecular complexity index is 345. The van der Waals surface area contributed by atoms with Crippen molar-refractivity contribution in [1.29, 1.82) is 0 Å². The summed E-state index contributed by atoms with van der Waals surface area (Å²) in [6.45, 7) is 2.88. The van der Waals surface area contributed by atoms with Gasteiger partial charge in [-0.05, 0) is 37.9 Å². The zero-order chi connectivity index (χ0) is 10.1. The molecule has 0 radical (unpaired) electrons. The maximum Gasteiger partial charge on any atom is 0.129 e. The standard InChI is InChI=1S/C11H13ClFN/c1-7-5-8(10(13)6-9(7)12)11-3-2-4-14-11/h5-6,11,14H,2-4H2,1H3. The second-order valence-corrected chi connectivity index (χ2v) is 4.18. The van der Waals surface area contributed by atoms with Crippen LogP contribution in [0.3, 0.4) is 0 Å². The van der Waals surface area contributed by atoms with Crippen LogP contribution in [0.15, 0.2) is 12.1 Å². The largest absolute Gasteiger partial charge is 0.310 e. The van der Waals surface area contributed by atoms with E-state index in [9.17, 15) is 4.39 Å². The van der Waals surface area contributed by atoms with Crippen LogP contribution in [0, 0.1) is 12.7 Å². The summed E-state index contributed by atoms with van der Waals surface area (Å²) in [4.78, 5) is 0. The predicted molar refractivity (Wildman–Crippen MR) is 56.1 cm³/mol. The summed E-state index contributed by atoms with van der Waals surface area (Å²) in [6.07, 6.45) is 2.13. The van der Waals surface area contributed by atoms with E-state index >= 15 is 0 Å². The van der Waals surface area contributed by atoms with Gasteiger partial charge in [-0.3, -0.25) is 0 Å². The van der Waals surface area contributed by atoms with Gasteiger partial charge in [-0.15, -0.1) is 0 Å². The fourth-order valence-electron chi connectivity index (χ4n) is 1.90. The highest BCUT2D eigenvalue weighted by Gasteiger charge is 2.20. The van der Waals surface area contributed by atoms with Gasteiger partial charge < -0.3 is 5.32 Å². The van der Waals surface area contributed by atoms with E-state index in [0.717, 1.165) is 30.5 Å². The van der Waals surface area contributed by atoms with Crippen LogP contribution in [0.1, 0.15) is 30.0 Å². The first-order valence-electron chi connectivity index (χ1n) is 4.87. The summed E-state index contributed by atoms with van der Waals surface area (Å²) < 4.78 is 13.6. The lowest BCUT2D eigenvalue weighted by molar-refractivity contribution is 0.558. The summed E-state index contributed by atoms with van der Waals surface area (Å²) in [6, 6.07) is 3.43. The Hall–Kier alpha value is -0.600. The van der Waals surface area contributed by atoms with Crippen LogP contribution in [0.2, 0.25) is 5.02 Å². The van der Waals surface area contributed by atoms with E-state index < -0.39 is 0 Å². The molecular weight excluding hydrogens is 201 g/mol. The normalized spacial score (nSPS) is 21.5. The van der Waals surface area contributed by atoms with Gasteiger partial charge in [0.15, 0.2) is 0 Å². The molecule has 0 bridgehead atoms. The number of rotatable bonds is 1. The van der Waals surface area contributed by atoms with Crippen molar-refractivity contribution < 1.29 is 4.39 Å². The van der Waals surface area contributed by atoms with Crippen LogP contribution < -0.4 is 5.32 Å². The Morgan fingerprint density at radius 1 is 1.50 bits per heavy atom. The zero-order valence-electron chi connectivity index (χ0n) is 8.11. The molecule has 1 saturated heterocycles.